The fourth-order valence-electron chi connectivity index (χ4n) is 4.41. The van der Waals surface area contributed by atoms with Gasteiger partial charge in [0, 0.05) is 29.9 Å². The molecule has 1 aromatic heterocycles. The Morgan fingerprint density at radius 1 is 1.10 bits per heavy atom. The van der Waals surface area contributed by atoms with E-state index in [9.17, 15) is 4.79 Å². The van der Waals surface area contributed by atoms with Gasteiger partial charge in [0.05, 0.1) is 19.3 Å². The Morgan fingerprint density at radius 2 is 1.97 bits per heavy atom. The van der Waals surface area contributed by atoms with Crippen molar-refractivity contribution in [3.63, 3.8) is 0 Å². The predicted octanol–water partition coefficient (Wildman–Crippen LogP) is 4.07. The van der Waals surface area contributed by atoms with Crippen LogP contribution in [0.1, 0.15) is 16.8 Å². The highest BCUT2D eigenvalue weighted by molar-refractivity contribution is 5.96. The minimum atomic E-state index is -0.247. The Labute approximate surface area is 169 Å². The number of aryl methyl sites for hydroxylation is 1. The molecule has 0 bridgehead atoms. The van der Waals surface area contributed by atoms with E-state index < -0.39 is 0 Å². The van der Waals surface area contributed by atoms with Crippen molar-refractivity contribution in [2.75, 3.05) is 36.6 Å². The molecular weight excluding hydrogens is 366 g/mol. The number of cyclic esters (lactones) is 1. The summed E-state index contributed by atoms with van der Waals surface area (Å²) in [5.41, 5.74) is 6.51. The fraction of sp³-hybridized carbons (Fsp3) is 0.304. The molecule has 0 unspecified atom stereocenters. The van der Waals surface area contributed by atoms with Gasteiger partial charge in [-0.05, 0) is 42.7 Å². The molecule has 0 radical (unpaired) electrons. The third kappa shape index (κ3) is 2.95. The van der Waals surface area contributed by atoms with Crippen LogP contribution in [0, 0.1) is 6.92 Å². The lowest BCUT2D eigenvalue weighted by Crippen LogP contribution is -2.33. The first-order valence-corrected chi connectivity index (χ1v) is 9.90. The molecule has 6 heteroatoms. The zero-order valence-corrected chi connectivity index (χ0v) is 16.6. The number of amides is 1. The van der Waals surface area contributed by atoms with E-state index in [1.165, 1.54) is 16.8 Å². The minimum Gasteiger partial charge on any atom is -0.494 e. The Hall–Kier alpha value is -3.28. The Bertz CT molecular complexity index is 1110. The number of para-hydroxylation sites is 1. The third-order valence-electron chi connectivity index (χ3n) is 5.76. The monoisotopic (exact) mass is 389 g/mol. The molecule has 3 heterocycles. The highest BCUT2D eigenvalue weighted by atomic mass is 16.6. The summed E-state index contributed by atoms with van der Waals surface area (Å²) in [6.07, 6.45) is 0.631. The van der Waals surface area contributed by atoms with Gasteiger partial charge < -0.3 is 14.4 Å². The summed E-state index contributed by atoms with van der Waals surface area (Å²) in [5, 5.41) is 1.10. The van der Waals surface area contributed by atoms with Crippen LogP contribution in [0.4, 0.5) is 16.2 Å². The molecule has 0 N–H and O–H groups in total. The molecule has 1 saturated heterocycles. The fourth-order valence-corrected chi connectivity index (χ4v) is 4.41. The van der Waals surface area contributed by atoms with Gasteiger partial charge in [0.1, 0.15) is 17.9 Å². The number of carbonyl (C=O) groups excluding carboxylic acids is 1. The Balaban J connectivity index is 1.55. The second kappa shape index (κ2) is 6.95. The van der Waals surface area contributed by atoms with Crippen LogP contribution in [0.2, 0.25) is 0 Å². The van der Waals surface area contributed by atoms with Crippen LogP contribution in [0.15, 0.2) is 42.5 Å². The van der Waals surface area contributed by atoms with Crippen molar-refractivity contribution >= 4 is 28.4 Å². The molecule has 0 spiro atoms. The number of ether oxygens (including phenoxy) is 2. The van der Waals surface area contributed by atoms with Crippen LogP contribution in [-0.2, 0) is 17.7 Å². The van der Waals surface area contributed by atoms with Crippen LogP contribution >= 0.6 is 0 Å². The third-order valence-corrected chi connectivity index (χ3v) is 5.76. The molecule has 0 atom stereocenters. The first kappa shape index (κ1) is 17.8. The molecule has 2 aromatic carbocycles. The van der Waals surface area contributed by atoms with Gasteiger partial charge >= 0.3 is 6.09 Å². The van der Waals surface area contributed by atoms with Crippen molar-refractivity contribution in [2.24, 2.45) is 0 Å². The zero-order valence-electron chi connectivity index (χ0n) is 16.6. The van der Waals surface area contributed by atoms with E-state index in [0.717, 1.165) is 47.5 Å². The van der Waals surface area contributed by atoms with E-state index in [4.69, 9.17) is 14.5 Å². The number of anilines is 2. The van der Waals surface area contributed by atoms with E-state index in [2.05, 4.69) is 23.1 Å². The number of nitrogens with zero attached hydrogens (tertiary/aromatic N) is 3. The average molecular weight is 389 g/mol. The van der Waals surface area contributed by atoms with Crippen LogP contribution in [0.25, 0.3) is 10.9 Å². The van der Waals surface area contributed by atoms with Crippen LogP contribution in [-0.4, -0.2) is 37.9 Å². The smallest absolute Gasteiger partial charge is 0.414 e. The molecule has 148 valence electrons. The van der Waals surface area contributed by atoms with Gasteiger partial charge in [-0.2, -0.15) is 0 Å². The van der Waals surface area contributed by atoms with Crippen molar-refractivity contribution in [3.8, 4) is 5.75 Å². The topological polar surface area (TPSA) is 54.9 Å². The quantitative estimate of drug-likeness (QED) is 0.676. The van der Waals surface area contributed by atoms with Crippen molar-refractivity contribution in [3.05, 3.63) is 59.3 Å². The number of rotatable bonds is 3. The van der Waals surface area contributed by atoms with E-state index in [0.29, 0.717) is 13.2 Å². The normalized spacial score (nSPS) is 16.1. The van der Waals surface area contributed by atoms with Gasteiger partial charge in [-0.15, -0.1) is 0 Å². The summed E-state index contributed by atoms with van der Waals surface area (Å²) >= 11 is 0. The highest BCUT2D eigenvalue weighted by Gasteiger charge is 2.29. The maximum atomic E-state index is 12.1. The molecule has 29 heavy (non-hydrogen) atoms. The van der Waals surface area contributed by atoms with Gasteiger partial charge in [0.2, 0.25) is 0 Å². The first-order chi connectivity index (χ1) is 14.2. The molecule has 1 fully saturated rings. The predicted molar refractivity (Wildman–Crippen MR) is 113 cm³/mol. The lowest BCUT2D eigenvalue weighted by Gasteiger charge is -2.33. The Kier molecular flexibility index (Phi) is 4.27. The van der Waals surface area contributed by atoms with Crippen LogP contribution in [0.3, 0.4) is 0 Å². The maximum Gasteiger partial charge on any atom is 0.414 e. The molecule has 1 amide bonds. The van der Waals surface area contributed by atoms with E-state index in [1.807, 2.05) is 31.2 Å². The zero-order chi connectivity index (χ0) is 20.0. The van der Waals surface area contributed by atoms with Gasteiger partial charge in [0.25, 0.3) is 0 Å². The van der Waals surface area contributed by atoms with E-state index in [1.54, 1.807) is 12.0 Å². The van der Waals surface area contributed by atoms with Gasteiger partial charge in [-0.25, -0.2) is 9.78 Å². The molecule has 6 nitrogen and oxygen atoms in total. The molecule has 0 saturated carbocycles. The van der Waals surface area contributed by atoms with E-state index in [-0.39, 0.29) is 6.09 Å². The minimum absolute atomic E-state index is 0.247. The number of carbonyl (C=O) groups is 1. The summed E-state index contributed by atoms with van der Waals surface area (Å²) in [7, 11) is 1.68. The molecule has 5 rings (SSSR count). The molecule has 3 aromatic rings. The van der Waals surface area contributed by atoms with Crippen molar-refractivity contribution < 1.29 is 14.3 Å². The maximum absolute atomic E-state index is 12.1. The number of hydrogen-bond donors (Lipinski definition) is 0. The average Bonchev–Trinajstić information content (AvgIpc) is 3.17. The summed E-state index contributed by atoms with van der Waals surface area (Å²) in [6, 6.07) is 14.4. The number of hydrogen-bond acceptors (Lipinski definition) is 5. The van der Waals surface area contributed by atoms with Gasteiger partial charge in [0.15, 0.2) is 0 Å². The summed E-state index contributed by atoms with van der Waals surface area (Å²) in [5.74, 6) is 0.791. The highest BCUT2D eigenvalue weighted by Crippen LogP contribution is 2.36. The van der Waals surface area contributed by atoms with Gasteiger partial charge in [-0.3, -0.25) is 4.90 Å². The second-order valence-electron chi connectivity index (χ2n) is 7.49. The summed E-state index contributed by atoms with van der Waals surface area (Å²) < 4.78 is 10.7. The SMILES string of the molecule is COc1cccc2c(N3CCc4c(cccc4N4CCOC4=O)C3)cc(C)nc12. The van der Waals surface area contributed by atoms with Gasteiger partial charge in [-0.1, -0.05) is 24.3 Å². The van der Waals surface area contributed by atoms with Crippen molar-refractivity contribution in [2.45, 2.75) is 19.9 Å². The molecule has 0 aliphatic carbocycles. The number of fused-ring (bicyclic) bond motifs is 2. The lowest BCUT2D eigenvalue weighted by atomic mass is 9.96. The number of methoxy groups -OCH3 is 1. The number of aromatic nitrogens is 1. The second-order valence-corrected chi connectivity index (χ2v) is 7.49. The van der Waals surface area contributed by atoms with Crippen LogP contribution in [0.5, 0.6) is 5.75 Å². The Morgan fingerprint density at radius 3 is 2.76 bits per heavy atom. The number of benzene rings is 2. The van der Waals surface area contributed by atoms with Crippen molar-refractivity contribution in [1.82, 2.24) is 4.98 Å². The van der Waals surface area contributed by atoms with Crippen molar-refractivity contribution in [1.29, 1.82) is 0 Å². The first-order valence-electron chi connectivity index (χ1n) is 9.90. The summed E-state index contributed by atoms with van der Waals surface area (Å²) in [6.45, 7) is 4.76. The standard InChI is InChI=1S/C23H23N3O3/c1-15-13-20(18-6-4-8-21(28-2)22(18)24-15)25-10-9-17-16(14-25)5-3-7-19(17)26-11-12-29-23(26)27/h3-8,13H,9-12,14H2,1-2H3. The molecule has 2 aliphatic heterocycles. The largest absolute Gasteiger partial charge is 0.494 e. The number of pyridine rings is 1. The lowest BCUT2D eigenvalue weighted by molar-refractivity contribution is 0.181. The summed E-state index contributed by atoms with van der Waals surface area (Å²) in [4.78, 5) is 20.9. The van der Waals surface area contributed by atoms with Crippen LogP contribution < -0.4 is 14.5 Å². The molecule has 2 aliphatic rings. The van der Waals surface area contributed by atoms with E-state index >= 15 is 0 Å². The molecular formula is C23H23N3O3.